The van der Waals surface area contributed by atoms with Gasteiger partial charge in [-0.15, -0.1) is 0 Å². The van der Waals surface area contributed by atoms with Crippen LogP contribution in [0.5, 0.6) is 0 Å². The van der Waals surface area contributed by atoms with Crippen molar-refractivity contribution in [1.29, 1.82) is 0 Å². The molecule has 0 unspecified atom stereocenters. The zero-order valence-corrected chi connectivity index (χ0v) is 12.3. The van der Waals surface area contributed by atoms with E-state index in [1.54, 1.807) is 11.3 Å². The fourth-order valence-corrected chi connectivity index (χ4v) is 6.28. The Morgan fingerprint density at radius 2 is 1.79 bits per heavy atom. The molecule has 0 N–H and O–H groups in total. The molecular formula is C17H22OS. The van der Waals surface area contributed by atoms with Gasteiger partial charge in [-0.3, -0.25) is 4.79 Å². The summed E-state index contributed by atoms with van der Waals surface area (Å²) in [5, 5.41) is 4.20. The van der Waals surface area contributed by atoms with Crippen molar-refractivity contribution in [3.8, 4) is 0 Å². The summed E-state index contributed by atoms with van der Waals surface area (Å²) in [4.78, 5) is 12.4. The van der Waals surface area contributed by atoms with Crippen LogP contribution in [0, 0.1) is 23.2 Å². The lowest BCUT2D eigenvalue weighted by atomic mass is 9.48. The highest BCUT2D eigenvalue weighted by Crippen LogP contribution is 2.61. The van der Waals surface area contributed by atoms with Crippen LogP contribution in [0.4, 0.5) is 0 Å². The Labute approximate surface area is 119 Å². The van der Waals surface area contributed by atoms with Crippen LogP contribution in [0.3, 0.4) is 0 Å². The third kappa shape index (κ3) is 2.29. The molecule has 4 saturated carbocycles. The molecule has 0 aromatic carbocycles. The zero-order valence-electron chi connectivity index (χ0n) is 11.4. The molecular weight excluding hydrogens is 252 g/mol. The quantitative estimate of drug-likeness (QED) is 0.792. The minimum Gasteiger partial charge on any atom is -0.299 e. The summed E-state index contributed by atoms with van der Waals surface area (Å²) in [5.74, 6) is 3.36. The number of rotatable bonds is 4. The minimum absolute atomic E-state index is 0.419. The van der Waals surface area contributed by atoms with Gasteiger partial charge < -0.3 is 0 Å². The average Bonchev–Trinajstić information content (AvgIpc) is 2.78. The van der Waals surface area contributed by atoms with Gasteiger partial charge in [0.2, 0.25) is 0 Å². The molecule has 4 bridgehead atoms. The topological polar surface area (TPSA) is 17.1 Å². The summed E-state index contributed by atoms with van der Waals surface area (Å²) in [7, 11) is 0. The van der Waals surface area contributed by atoms with Gasteiger partial charge in [0.05, 0.1) is 0 Å². The van der Waals surface area contributed by atoms with Crippen molar-refractivity contribution in [1.82, 2.24) is 0 Å². The molecule has 1 aromatic rings. The number of hydrogen-bond acceptors (Lipinski definition) is 2. The van der Waals surface area contributed by atoms with E-state index in [1.807, 2.05) is 0 Å². The maximum Gasteiger partial charge on any atom is 0.137 e. The van der Waals surface area contributed by atoms with Crippen LogP contribution < -0.4 is 0 Å². The molecule has 1 heterocycles. The number of hydrogen-bond donors (Lipinski definition) is 0. The summed E-state index contributed by atoms with van der Waals surface area (Å²) in [6.07, 6.45) is 10.0. The van der Waals surface area contributed by atoms with E-state index < -0.39 is 0 Å². The summed E-state index contributed by atoms with van der Waals surface area (Å²) in [6.45, 7) is 0. The lowest BCUT2D eigenvalue weighted by Gasteiger charge is -2.56. The number of thiophene rings is 1. The minimum atomic E-state index is 0.419. The van der Waals surface area contributed by atoms with Crippen LogP contribution in [0.15, 0.2) is 16.8 Å². The Morgan fingerprint density at radius 3 is 2.32 bits per heavy atom. The summed E-state index contributed by atoms with van der Waals surface area (Å²) < 4.78 is 0. The van der Waals surface area contributed by atoms with Gasteiger partial charge in [0.1, 0.15) is 5.78 Å². The van der Waals surface area contributed by atoms with Gasteiger partial charge in [-0.05, 0) is 84.1 Å². The predicted molar refractivity (Wildman–Crippen MR) is 78.3 cm³/mol. The fraction of sp³-hybridized carbons (Fsp3) is 0.706. The molecule has 0 amide bonds. The molecule has 0 aliphatic heterocycles. The molecule has 4 aliphatic carbocycles. The van der Waals surface area contributed by atoms with Crippen LogP contribution in [-0.4, -0.2) is 5.78 Å². The zero-order chi connectivity index (χ0) is 12.9. The number of ketones is 1. The molecule has 4 fully saturated rings. The summed E-state index contributed by atoms with van der Waals surface area (Å²) in [6, 6.07) is 2.10. The van der Waals surface area contributed by atoms with E-state index in [1.165, 1.54) is 44.1 Å². The van der Waals surface area contributed by atoms with Gasteiger partial charge in [0, 0.05) is 12.8 Å². The van der Waals surface area contributed by atoms with Crippen LogP contribution in [0.25, 0.3) is 0 Å². The van der Waals surface area contributed by atoms with Crippen molar-refractivity contribution in [2.75, 3.05) is 0 Å². The fourth-order valence-electron chi connectivity index (χ4n) is 5.61. The normalized spacial score (nSPS) is 39.7. The molecule has 1 nitrogen and oxygen atoms in total. The highest BCUT2D eigenvalue weighted by molar-refractivity contribution is 7.07. The van der Waals surface area contributed by atoms with Crippen LogP contribution in [0.1, 0.15) is 50.5 Å². The van der Waals surface area contributed by atoms with Crippen molar-refractivity contribution >= 4 is 17.1 Å². The second kappa shape index (κ2) is 4.44. The average molecular weight is 274 g/mol. The molecule has 102 valence electrons. The smallest absolute Gasteiger partial charge is 0.137 e. The van der Waals surface area contributed by atoms with Crippen LogP contribution in [0.2, 0.25) is 0 Å². The van der Waals surface area contributed by atoms with E-state index in [-0.39, 0.29) is 0 Å². The van der Waals surface area contributed by atoms with Gasteiger partial charge in [0.25, 0.3) is 0 Å². The van der Waals surface area contributed by atoms with Crippen molar-refractivity contribution in [3.63, 3.8) is 0 Å². The first-order valence-corrected chi connectivity index (χ1v) is 8.68. The van der Waals surface area contributed by atoms with E-state index in [2.05, 4.69) is 16.8 Å². The lowest BCUT2D eigenvalue weighted by molar-refractivity contribution is -0.126. The molecule has 2 heteroatoms. The molecule has 1 aromatic heterocycles. The maximum absolute atomic E-state index is 12.4. The Balaban J connectivity index is 1.46. The Hall–Kier alpha value is -0.630. The molecule has 0 spiro atoms. The first kappa shape index (κ1) is 12.1. The molecule has 4 aliphatic rings. The highest BCUT2D eigenvalue weighted by atomic mass is 32.1. The van der Waals surface area contributed by atoms with Crippen molar-refractivity contribution in [2.45, 2.75) is 51.4 Å². The van der Waals surface area contributed by atoms with Gasteiger partial charge >= 0.3 is 0 Å². The molecule has 19 heavy (non-hydrogen) atoms. The van der Waals surface area contributed by atoms with Crippen LogP contribution >= 0.6 is 11.3 Å². The van der Waals surface area contributed by atoms with E-state index in [0.717, 1.165) is 24.2 Å². The monoisotopic (exact) mass is 274 g/mol. The van der Waals surface area contributed by atoms with Gasteiger partial charge in [-0.1, -0.05) is 0 Å². The molecule has 0 saturated heterocycles. The van der Waals surface area contributed by atoms with E-state index in [0.29, 0.717) is 17.6 Å². The van der Waals surface area contributed by atoms with E-state index in [4.69, 9.17) is 0 Å². The number of Topliss-reactive ketones (excluding diaryl/α,β-unsaturated/α-hetero) is 1. The summed E-state index contributed by atoms with van der Waals surface area (Å²) >= 11 is 1.70. The number of carbonyl (C=O) groups excluding carboxylic acids is 1. The van der Waals surface area contributed by atoms with Gasteiger partial charge in [-0.2, -0.15) is 11.3 Å². The van der Waals surface area contributed by atoms with E-state index >= 15 is 0 Å². The lowest BCUT2D eigenvalue weighted by Crippen LogP contribution is -2.47. The van der Waals surface area contributed by atoms with E-state index in [9.17, 15) is 4.79 Å². The molecule has 0 radical (unpaired) electrons. The predicted octanol–water partition coefficient (Wildman–Crippen LogP) is 4.47. The second-order valence-corrected chi connectivity index (χ2v) is 8.22. The molecule has 0 atom stereocenters. The molecule has 5 rings (SSSR count). The van der Waals surface area contributed by atoms with Crippen molar-refractivity contribution < 1.29 is 4.79 Å². The summed E-state index contributed by atoms with van der Waals surface area (Å²) in [5.41, 5.74) is 1.64. The third-order valence-electron chi connectivity index (χ3n) is 5.72. The first-order valence-electron chi connectivity index (χ1n) is 7.74. The largest absolute Gasteiger partial charge is 0.299 e. The second-order valence-electron chi connectivity index (χ2n) is 7.44. The Bertz CT molecular complexity index is 438. The highest BCUT2D eigenvalue weighted by Gasteiger charge is 2.51. The first-order chi connectivity index (χ1) is 9.21. The SMILES string of the molecule is O=C(Cc1ccsc1)CC12CC3CC(CC(C3)C1)C2. The number of carbonyl (C=O) groups is 1. The standard InChI is InChI=1S/C17H22OS/c18-16(6-12-1-2-19-11-12)10-17-7-13-3-14(8-17)5-15(4-13)9-17/h1-2,11,13-15H,3-10H2. The maximum atomic E-state index is 12.4. The van der Waals surface area contributed by atoms with Crippen molar-refractivity contribution in [2.24, 2.45) is 23.2 Å². The van der Waals surface area contributed by atoms with Gasteiger partial charge in [-0.25, -0.2) is 0 Å². The van der Waals surface area contributed by atoms with Gasteiger partial charge in [0.15, 0.2) is 0 Å². The van der Waals surface area contributed by atoms with Crippen molar-refractivity contribution in [3.05, 3.63) is 22.4 Å². The van der Waals surface area contributed by atoms with Crippen LogP contribution in [-0.2, 0) is 11.2 Å². The Morgan fingerprint density at radius 1 is 1.16 bits per heavy atom. The third-order valence-corrected chi connectivity index (χ3v) is 6.45. The Kier molecular flexibility index (Phi) is 2.84.